The summed E-state index contributed by atoms with van der Waals surface area (Å²) in [4.78, 5) is 25.2. The number of carbonyl (C=O) groups is 2. The number of ether oxygens (including phenoxy) is 1. The van der Waals surface area contributed by atoms with E-state index >= 15 is 0 Å². The maximum Gasteiger partial charge on any atom is 0.500 e. The van der Waals surface area contributed by atoms with Crippen LogP contribution >= 0.6 is 0 Å². The van der Waals surface area contributed by atoms with E-state index in [0.29, 0.717) is 24.7 Å². The Morgan fingerprint density at radius 1 is 1.20 bits per heavy atom. The number of esters is 1. The smallest absolute Gasteiger partial charge is 0.460 e. The monoisotopic (exact) mass is 376 g/mol. The summed E-state index contributed by atoms with van der Waals surface area (Å²) in [5.41, 5.74) is 0.331. The Kier molecular flexibility index (Phi) is 11.3. The highest BCUT2D eigenvalue weighted by molar-refractivity contribution is 6.60. The summed E-state index contributed by atoms with van der Waals surface area (Å²) in [7, 11) is 2.04. The highest BCUT2D eigenvalue weighted by Crippen LogP contribution is 2.20. The molecule has 146 valence electrons. The summed E-state index contributed by atoms with van der Waals surface area (Å²) in [6, 6.07) is 0.400. The lowest BCUT2D eigenvalue weighted by atomic mass is 10.2. The van der Waals surface area contributed by atoms with Crippen molar-refractivity contribution in [3.8, 4) is 0 Å². The quantitative estimate of drug-likeness (QED) is 0.241. The summed E-state index contributed by atoms with van der Waals surface area (Å²) >= 11 is 0. The molecule has 1 N–H and O–H groups in total. The topological polar surface area (TPSA) is 86.3 Å². The van der Waals surface area contributed by atoms with Crippen molar-refractivity contribution in [2.24, 2.45) is 5.92 Å². The first-order valence-electron chi connectivity index (χ1n) is 8.26. The minimum Gasteiger partial charge on any atom is -0.460 e. The molecule has 0 saturated carbocycles. The minimum atomic E-state index is -2.67. The average Bonchev–Trinajstić information content (AvgIpc) is 2.60. The molecule has 0 bridgehead atoms. The van der Waals surface area contributed by atoms with Crippen LogP contribution in [-0.4, -0.2) is 73.3 Å². The minimum absolute atomic E-state index is 0.109. The van der Waals surface area contributed by atoms with E-state index < -0.39 is 14.8 Å². The first-order chi connectivity index (χ1) is 11.7. The van der Waals surface area contributed by atoms with E-state index in [4.69, 9.17) is 18.0 Å². The van der Waals surface area contributed by atoms with E-state index in [1.165, 1.54) is 0 Å². The predicted molar refractivity (Wildman–Crippen MR) is 97.2 cm³/mol. The van der Waals surface area contributed by atoms with Crippen LogP contribution in [0.4, 0.5) is 4.79 Å². The van der Waals surface area contributed by atoms with Crippen LogP contribution in [0.15, 0.2) is 12.2 Å². The van der Waals surface area contributed by atoms with Gasteiger partial charge in [-0.1, -0.05) is 13.5 Å². The highest BCUT2D eigenvalue weighted by atomic mass is 28.4. The van der Waals surface area contributed by atoms with Crippen LogP contribution in [0.25, 0.3) is 0 Å². The summed E-state index contributed by atoms with van der Waals surface area (Å²) < 4.78 is 21.2. The lowest BCUT2D eigenvalue weighted by Gasteiger charge is -2.30. The fourth-order valence-electron chi connectivity index (χ4n) is 2.26. The molecule has 0 radical (unpaired) electrons. The molecule has 0 aliphatic carbocycles. The largest absolute Gasteiger partial charge is 0.500 e. The molecule has 0 spiro atoms. The van der Waals surface area contributed by atoms with Crippen molar-refractivity contribution in [1.82, 2.24) is 10.2 Å². The number of rotatable bonds is 12. The third kappa shape index (κ3) is 8.48. The Morgan fingerprint density at radius 2 is 1.76 bits per heavy atom. The van der Waals surface area contributed by atoms with Crippen molar-refractivity contribution < 1.29 is 27.6 Å². The summed E-state index contributed by atoms with van der Waals surface area (Å²) in [6.45, 7) is 10.4. The number of nitrogens with zero attached hydrogens (tertiary/aromatic N) is 1. The van der Waals surface area contributed by atoms with E-state index in [1.54, 1.807) is 33.2 Å². The molecule has 0 aliphatic rings. The van der Waals surface area contributed by atoms with Gasteiger partial charge in [0.25, 0.3) is 0 Å². The van der Waals surface area contributed by atoms with Crippen molar-refractivity contribution in [2.45, 2.75) is 26.8 Å². The number of hydrogen-bond acceptors (Lipinski definition) is 6. The SMILES string of the molecule is C=C(C)C(=O)OCCNC(=O)N(CC)CC(C)C[Si](OC)(OC)OC. The maximum atomic E-state index is 12.2. The molecule has 0 aromatic carbocycles. The van der Waals surface area contributed by atoms with Crippen LogP contribution in [0.1, 0.15) is 20.8 Å². The normalized spacial score (nSPS) is 12.4. The molecule has 0 fully saturated rings. The zero-order chi connectivity index (χ0) is 19.5. The van der Waals surface area contributed by atoms with Gasteiger partial charge in [-0.3, -0.25) is 0 Å². The third-order valence-electron chi connectivity index (χ3n) is 3.69. The van der Waals surface area contributed by atoms with E-state index in [9.17, 15) is 9.59 Å². The zero-order valence-corrected chi connectivity index (χ0v) is 17.2. The van der Waals surface area contributed by atoms with Gasteiger partial charge in [0.1, 0.15) is 6.61 Å². The van der Waals surface area contributed by atoms with Gasteiger partial charge in [-0.25, -0.2) is 9.59 Å². The van der Waals surface area contributed by atoms with Gasteiger partial charge < -0.3 is 28.2 Å². The number of urea groups is 1. The summed E-state index contributed by atoms with van der Waals surface area (Å²) in [5, 5.41) is 2.74. The molecular formula is C16H32N2O6Si. The van der Waals surface area contributed by atoms with E-state index in [1.807, 2.05) is 13.8 Å². The Bertz CT molecular complexity index is 434. The van der Waals surface area contributed by atoms with Crippen LogP contribution in [0.3, 0.4) is 0 Å². The molecule has 2 amide bonds. The van der Waals surface area contributed by atoms with Gasteiger partial charge in [-0.2, -0.15) is 0 Å². The first kappa shape index (κ1) is 23.6. The van der Waals surface area contributed by atoms with Crippen LogP contribution in [0, 0.1) is 5.92 Å². The molecule has 1 atom stereocenters. The van der Waals surface area contributed by atoms with E-state index in [-0.39, 0.29) is 25.1 Å². The summed E-state index contributed by atoms with van der Waals surface area (Å²) in [6.07, 6.45) is 0. The second kappa shape index (κ2) is 12.0. The molecule has 0 aromatic rings. The first-order valence-corrected chi connectivity index (χ1v) is 10.2. The molecule has 9 heteroatoms. The van der Waals surface area contributed by atoms with Crippen LogP contribution in [-0.2, 0) is 22.8 Å². The fraction of sp³-hybridized carbons (Fsp3) is 0.750. The van der Waals surface area contributed by atoms with Crippen molar-refractivity contribution in [3.63, 3.8) is 0 Å². The Morgan fingerprint density at radius 3 is 2.20 bits per heavy atom. The van der Waals surface area contributed by atoms with Crippen molar-refractivity contribution in [1.29, 1.82) is 0 Å². The van der Waals surface area contributed by atoms with Crippen LogP contribution in [0.5, 0.6) is 0 Å². The van der Waals surface area contributed by atoms with Gasteiger partial charge in [0.2, 0.25) is 0 Å². The molecule has 0 saturated heterocycles. The molecular weight excluding hydrogens is 344 g/mol. The second-order valence-electron chi connectivity index (χ2n) is 5.79. The number of nitrogens with one attached hydrogen (secondary N) is 1. The molecule has 0 heterocycles. The second-order valence-corrected chi connectivity index (χ2v) is 8.79. The lowest BCUT2D eigenvalue weighted by Crippen LogP contribution is -2.47. The van der Waals surface area contributed by atoms with Crippen molar-refractivity contribution in [3.05, 3.63) is 12.2 Å². The zero-order valence-electron chi connectivity index (χ0n) is 16.2. The maximum absolute atomic E-state index is 12.2. The molecule has 25 heavy (non-hydrogen) atoms. The van der Waals surface area contributed by atoms with Crippen LogP contribution < -0.4 is 5.32 Å². The van der Waals surface area contributed by atoms with E-state index in [0.717, 1.165) is 0 Å². The molecule has 0 aliphatic heterocycles. The standard InChI is InChI=1S/C16H32N2O6Si/c1-8-18(11-14(4)12-25(21-5,22-6)23-7)16(20)17-9-10-24-15(19)13(2)3/h14H,2,8-12H2,1,3-7H3,(H,17,20). The Balaban J connectivity index is 4.40. The number of carbonyl (C=O) groups excluding carboxylic acids is 2. The number of amides is 2. The highest BCUT2D eigenvalue weighted by Gasteiger charge is 2.39. The molecule has 0 rings (SSSR count). The van der Waals surface area contributed by atoms with Gasteiger partial charge in [0.05, 0.1) is 6.54 Å². The average molecular weight is 377 g/mol. The van der Waals surface area contributed by atoms with Crippen molar-refractivity contribution >= 4 is 20.8 Å². The third-order valence-corrected chi connectivity index (χ3v) is 6.76. The van der Waals surface area contributed by atoms with Gasteiger partial charge >= 0.3 is 20.8 Å². The molecule has 8 nitrogen and oxygen atoms in total. The van der Waals surface area contributed by atoms with Gasteiger partial charge in [-0.15, -0.1) is 0 Å². The number of hydrogen-bond donors (Lipinski definition) is 1. The van der Waals surface area contributed by atoms with Crippen molar-refractivity contribution in [2.75, 3.05) is 47.6 Å². The Hall–Kier alpha value is -1.42. The Labute approximate surface area is 151 Å². The van der Waals surface area contributed by atoms with Gasteiger partial charge in [0, 0.05) is 46.0 Å². The molecule has 1 unspecified atom stereocenters. The molecule has 0 aromatic heterocycles. The fourth-order valence-corrected chi connectivity index (χ4v) is 4.24. The summed E-state index contributed by atoms with van der Waals surface area (Å²) in [5.74, 6) is -0.325. The van der Waals surface area contributed by atoms with Gasteiger partial charge in [-0.05, 0) is 19.8 Å². The van der Waals surface area contributed by atoms with Crippen LogP contribution in [0.2, 0.25) is 6.04 Å². The lowest BCUT2D eigenvalue weighted by molar-refractivity contribution is -0.138. The van der Waals surface area contributed by atoms with E-state index in [2.05, 4.69) is 11.9 Å². The van der Waals surface area contributed by atoms with Gasteiger partial charge in [0.15, 0.2) is 0 Å². The predicted octanol–water partition coefficient (Wildman–Crippen LogP) is 1.65.